The van der Waals surface area contributed by atoms with Crippen LogP contribution in [-0.2, 0) is 0 Å². The predicted octanol–water partition coefficient (Wildman–Crippen LogP) is 4.81. The molecule has 0 aliphatic heterocycles. The average Bonchev–Trinajstić information content (AvgIpc) is 3.03. The van der Waals surface area contributed by atoms with Gasteiger partial charge in [0, 0.05) is 34.9 Å². The lowest BCUT2D eigenvalue weighted by atomic mass is 10.0. The van der Waals surface area contributed by atoms with Crippen molar-refractivity contribution in [3.8, 4) is 28.4 Å². The summed E-state index contributed by atoms with van der Waals surface area (Å²) in [6, 6.07) is 9.38. The topological polar surface area (TPSA) is 48.0 Å². The Balaban J connectivity index is 1.98. The van der Waals surface area contributed by atoms with Gasteiger partial charge >= 0.3 is 0 Å². The van der Waals surface area contributed by atoms with Crippen molar-refractivity contribution in [2.75, 3.05) is 39.5 Å². The zero-order valence-corrected chi connectivity index (χ0v) is 17.9. The number of hydrogen-bond donors (Lipinski definition) is 0. The van der Waals surface area contributed by atoms with E-state index in [1.54, 1.807) is 0 Å². The zero-order chi connectivity index (χ0) is 20.8. The van der Waals surface area contributed by atoms with Crippen LogP contribution in [0.15, 0.2) is 30.3 Å². The van der Waals surface area contributed by atoms with Crippen LogP contribution in [0.5, 0.6) is 17.2 Å². The molecule has 0 aromatic heterocycles. The monoisotopic (exact) mass is 397 g/mol. The number of rotatable bonds is 11. The first-order chi connectivity index (χ1) is 14.1. The van der Waals surface area contributed by atoms with E-state index >= 15 is 0 Å². The van der Waals surface area contributed by atoms with Crippen molar-refractivity contribution < 1.29 is 19.0 Å². The quantitative estimate of drug-likeness (QED) is 0.465. The Bertz CT molecular complexity index is 858. The summed E-state index contributed by atoms with van der Waals surface area (Å²) in [4.78, 5) is 15.4. The Morgan fingerprint density at radius 2 is 1.59 bits per heavy atom. The molecule has 0 atom stereocenters. The maximum Gasteiger partial charge on any atom is 0.194 e. The third kappa shape index (κ3) is 4.40. The van der Waals surface area contributed by atoms with Crippen molar-refractivity contribution in [3.63, 3.8) is 0 Å². The first-order valence-electron chi connectivity index (χ1n) is 10.6. The molecule has 156 valence electrons. The van der Waals surface area contributed by atoms with E-state index in [1.165, 1.54) is 0 Å². The Labute approximate surface area is 173 Å². The van der Waals surface area contributed by atoms with Gasteiger partial charge in [0.1, 0.15) is 23.9 Å². The normalized spacial score (nSPS) is 12.1. The summed E-state index contributed by atoms with van der Waals surface area (Å²) < 4.78 is 17.8. The SMILES string of the molecule is CCCOc1cc(OCC)c2c(c1)C(=O)c1cccc(OCCN(CC)CC)c1-2. The smallest absolute Gasteiger partial charge is 0.194 e. The molecule has 0 saturated heterocycles. The molecule has 1 aliphatic rings. The molecule has 0 spiro atoms. The fourth-order valence-corrected chi connectivity index (χ4v) is 3.67. The number of carbonyl (C=O) groups excluding carboxylic acids is 1. The number of ether oxygens (including phenoxy) is 3. The molecule has 5 nitrogen and oxygen atoms in total. The number of fused-ring (bicyclic) bond motifs is 3. The predicted molar refractivity (Wildman–Crippen MR) is 116 cm³/mol. The van der Waals surface area contributed by atoms with Crippen molar-refractivity contribution in [3.05, 3.63) is 41.5 Å². The van der Waals surface area contributed by atoms with E-state index in [1.807, 2.05) is 37.3 Å². The number of benzene rings is 2. The number of hydrogen-bond acceptors (Lipinski definition) is 5. The molecule has 3 rings (SSSR count). The minimum atomic E-state index is -0.00732. The van der Waals surface area contributed by atoms with E-state index in [-0.39, 0.29) is 5.78 Å². The fourth-order valence-electron chi connectivity index (χ4n) is 3.67. The molecule has 0 bridgehead atoms. The lowest BCUT2D eigenvalue weighted by molar-refractivity contribution is 0.104. The van der Waals surface area contributed by atoms with Gasteiger partial charge in [0.05, 0.1) is 13.2 Å². The number of nitrogens with zero attached hydrogens (tertiary/aromatic N) is 1. The van der Waals surface area contributed by atoms with Crippen LogP contribution in [0.4, 0.5) is 0 Å². The third-order valence-electron chi connectivity index (χ3n) is 5.17. The van der Waals surface area contributed by atoms with Crippen LogP contribution in [0, 0.1) is 0 Å². The maximum absolute atomic E-state index is 13.1. The Morgan fingerprint density at radius 1 is 0.828 bits per heavy atom. The third-order valence-corrected chi connectivity index (χ3v) is 5.17. The molecule has 1 aliphatic carbocycles. The molecule has 2 aromatic carbocycles. The lowest BCUT2D eigenvalue weighted by Crippen LogP contribution is -2.28. The van der Waals surface area contributed by atoms with E-state index in [2.05, 4.69) is 25.7 Å². The molecule has 0 saturated carbocycles. The molecule has 0 heterocycles. The average molecular weight is 398 g/mol. The van der Waals surface area contributed by atoms with E-state index in [4.69, 9.17) is 14.2 Å². The first-order valence-corrected chi connectivity index (χ1v) is 10.6. The summed E-state index contributed by atoms with van der Waals surface area (Å²) in [5.41, 5.74) is 2.93. The largest absolute Gasteiger partial charge is 0.493 e. The minimum Gasteiger partial charge on any atom is -0.493 e. The van der Waals surface area contributed by atoms with Gasteiger partial charge in [-0.2, -0.15) is 0 Å². The second kappa shape index (κ2) is 9.79. The zero-order valence-electron chi connectivity index (χ0n) is 17.9. The Morgan fingerprint density at radius 3 is 2.28 bits per heavy atom. The molecule has 29 heavy (non-hydrogen) atoms. The standard InChI is InChI=1S/C24H31NO4/c1-5-13-28-17-15-19-23(21(16-17)27-8-4)22-18(24(19)26)10-9-11-20(22)29-14-12-25(6-2)7-3/h9-11,15-16H,5-8,12-14H2,1-4H3. The Hall–Kier alpha value is -2.53. The van der Waals surface area contributed by atoms with E-state index in [0.29, 0.717) is 42.4 Å². The van der Waals surface area contributed by atoms with Crippen LogP contribution in [-0.4, -0.2) is 50.1 Å². The van der Waals surface area contributed by atoms with E-state index < -0.39 is 0 Å². The van der Waals surface area contributed by atoms with Crippen LogP contribution in [0.3, 0.4) is 0 Å². The lowest BCUT2D eigenvalue weighted by Gasteiger charge is -2.19. The minimum absolute atomic E-state index is 0.00732. The highest BCUT2D eigenvalue weighted by Crippen LogP contribution is 2.49. The van der Waals surface area contributed by atoms with Gasteiger partial charge in [-0.05, 0) is 38.6 Å². The van der Waals surface area contributed by atoms with Gasteiger partial charge in [0.2, 0.25) is 0 Å². The number of carbonyl (C=O) groups is 1. The van der Waals surface area contributed by atoms with Crippen LogP contribution in [0.2, 0.25) is 0 Å². The van der Waals surface area contributed by atoms with Gasteiger partial charge < -0.3 is 19.1 Å². The van der Waals surface area contributed by atoms with Crippen molar-refractivity contribution in [2.45, 2.75) is 34.1 Å². The maximum atomic E-state index is 13.1. The molecule has 0 N–H and O–H groups in total. The summed E-state index contributed by atoms with van der Waals surface area (Å²) in [7, 11) is 0. The summed E-state index contributed by atoms with van der Waals surface area (Å²) in [6.07, 6.45) is 0.903. The van der Waals surface area contributed by atoms with E-state index in [0.717, 1.165) is 42.9 Å². The highest BCUT2D eigenvalue weighted by atomic mass is 16.5. The molecule has 0 amide bonds. The van der Waals surface area contributed by atoms with Crippen molar-refractivity contribution in [2.24, 2.45) is 0 Å². The van der Waals surface area contributed by atoms with Crippen molar-refractivity contribution in [1.82, 2.24) is 4.90 Å². The first kappa shape index (κ1) is 21.2. The molecular formula is C24H31NO4. The second-order valence-electron chi connectivity index (χ2n) is 7.01. The molecule has 0 fully saturated rings. The highest BCUT2D eigenvalue weighted by molar-refractivity contribution is 6.23. The highest BCUT2D eigenvalue weighted by Gasteiger charge is 2.33. The van der Waals surface area contributed by atoms with Gasteiger partial charge in [0.25, 0.3) is 0 Å². The second-order valence-corrected chi connectivity index (χ2v) is 7.01. The van der Waals surface area contributed by atoms with Gasteiger partial charge in [-0.3, -0.25) is 4.79 Å². The van der Waals surface area contributed by atoms with Crippen LogP contribution >= 0.6 is 0 Å². The van der Waals surface area contributed by atoms with Crippen molar-refractivity contribution in [1.29, 1.82) is 0 Å². The van der Waals surface area contributed by atoms with Crippen LogP contribution in [0.1, 0.15) is 50.0 Å². The van der Waals surface area contributed by atoms with E-state index in [9.17, 15) is 4.79 Å². The van der Waals surface area contributed by atoms with Gasteiger partial charge in [0.15, 0.2) is 5.78 Å². The van der Waals surface area contributed by atoms with Crippen LogP contribution < -0.4 is 14.2 Å². The molecule has 0 unspecified atom stereocenters. The Kier molecular flexibility index (Phi) is 7.15. The molecule has 0 radical (unpaired) electrons. The summed E-state index contributed by atoms with van der Waals surface area (Å²) in [6.45, 7) is 12.8. The summed E-state index contributed by atoms with van der Waals surface area (Å²) >= 11 is 0. The number of ketones is 1. The van der Waals surface area contributed by atoms with Gasteiger partial charge in [-0.25, -0.2) is 0 Å². The fraction of sp³-hybridized carbons (Fsp3) is 0.458. The van der Waals surface area contributed by atoms with Gasteiger partial charge in [-0.1, -0.05) is 32.9 Å². The van der Waals surface area contributed by atoms with Crippen molar-refractivity contribution >= 4 is 5.78 Å². The number of likely N-dealkylation sites (N-methyl/N-ethyl adjacent to an activating group) is 1. The summed E-state index contributed by atoms with van der Waals surface area (Å²) in [5.74, 6) is 2.05. The molecule has 2 aromatic rings. The van der Waals surface area contributed by atoms with Crippen LogP contribution in [0.25, 0.3) is 11.1 Å². The van der Waals surface area contributed by atoms with Gasteiger partial charge in [-0.15, -0.1) is 0 Å². The molecular weight excluding hydrogens is 366 g/mol. The summed E-state index contributed by atoms with van der Waals surface area (Å²) in [5, 5.41) is 0. The molecule has 5 heteroatoms.